The van der Waals surface area contributed by atoms with Crippen LogP contribution in [0.15, 0.2) is 40.9 Å². The molecule has 1 amide bonds. The number of hydrogen-bond donors (Lipinski definition) is 1. The largest absolute Gasteiger partial charge is 0.489 e. The normalized spacial score (nSPS) is 12.5. The number of aromatic nitrogens is 1. The molecule has 150 valence electrons. The second kappa shape index (κ2) is 7.87. The van der Waals surface area contributed by atoms with Crippen LogP contribution < -0.4 is 19.5 Å². The van der Waals surface area contributed by atoms with Crippen molar-refractivity contribution < 1.29 is 23.5 Å². The van der Waals surface area contributed by atoms with Crippen molar-refractivity contribution in [3.8, 4) is 17.2 Å². The van der Waals surface area contributed by atoms with Crippen LogP contribution in [-0.4, -0.2) is 24.3 Å². The summed E-state index contributed by atoms with van der Waals surface area (Å²) in [5.74, 6) is 2.16. The predicted molar refractivity (Wildman–Crippen MR) is 107 cm³/mol. The minimum absolute atomic E-state index is 0.182. The fourth-order valence-electron chi connectivity index (χ4n) is 3.01. The fourth-order valence-corrected chi connectivity index (χ4v) is 3.01. The van der Waals surface area contributed by atoms with Crippen molar-refractivity contribution in [1.29, 1.82) is 0 Å². The minimum Gasteiger partial charge on any atom is -0.489 e. The molecule has 7 nitrogen and oxygen atoms in total. The molecule has 4 rings (SSSR count). The Bertz CT molecular complexity index is 1060. The van der Waals surface area contributed by atoms with E-state index >= 15 is 0 Å². The molecule has 0 aliphatic carbocycles. The van der Waals surface area contributed by atoms with Crippen molar-refractivity contribution in [3.63, 3.8) is 0 Å². The molecule has 7 heteroatoms. The highest BCUT2D eigenvalue weighted by Gasteiger charge is 2.21. The highest BCUT2D eigenvalue weighted by molar-refractivity contribution is 6.04. The number of nitrogens with zero attached hydrogens (tertiary/aromatic N) is 1. The number of hydrogen-bond acceptors (Lipinski definition) is 6. The van der Waals surface area contributed by atoms with E-state index in [2.05, 4.69) is 10.5 Å². The zero-order chi connectivity index (χ0) is 20.4. The van der Waals surface area contributed by atoms with E-state index in [-0.39, 0.29) is 18.2 Å². The molecule has 0 saturated heterocycles. The molecule has 2 aromatic carbocycles. The topological polar surface area (TPSA) is 82.8 Å². The number of carbonyl (C=O) groups is 1. The lowest BCUT2D eigenvalue weighted by atomic mass is 10.1. The maximum Gasteiger partial charge on any atom is 0.278 e. The summed E-state index contributed by atoms with van der Waals surface area (Å²) in [4.78, 5) is 12.8. The van der Waals surface area contributed by atoms with E-state index in [1.807, 2.05) is 32.0 Å². The second-order valence-electron chi connectivity index (χ2n) is 6.91. The van der Waals surface area contributed by atoms with Crippen LogP contribution in [0.4, 0.5) is 5.69 Å². The van der Waals surface area contributed by atoms with Gasteiger partial charge < -0.3 is 24.1 Å². The number of anilines is 1. The summed E-state index contributed by atoms with van der Waals surface area (Å²) in [5.41, 5.74) is 3.72. The van der Waals surface area contributed by atoms with E-state index in [0.29, 0.717) is 41.7 Å². The quantitative estimate of drug-likeness (QED) is 0.698. The van der Waals surface area contributed by atoms with E-state index in [4.69, 9.17) is 18.7 Å². The van der Waals surface area contributed by atoms with Crippen LogP contribution in [0.1, 0.15) is 32.9 Å². The van der Waals surface area contributed by atoms with Crippen molar-refractivity contribution in [2.75, 3.05) is 18.5 Å². The lowest BCUT2D eigenvalue weighted by molar-refractivity contribution is 0.101. The van der Waals surface area contributed by atoms with Crippen LogP contribution in [0.2, 0.25) is 0 Å². The highest BCUT2D eigenvalue weighted by atomic mass is 16.6. The van der Waals surface area contributed by atoms with Crippen LogP contribution in [0.3, 0.4) is 0 Å². The Morgan fingerprint density at radius 2 is 1.83 bits per heavy atom. The summed E-state index contributed by atoms with van der Waals surface area (Å²) in [6, 6.07) is 11.1. The third kappa shape index (κ3) is 4.03. The number of benzene rings is 2. The Hall–Kier alpha value is -3.48. The molecule has 2 heterocycles. The highest BCUT2D eigenvalue weighted by Crippen LogP contribution is 2.33. The molecule has 0 fully saturated rings. The number of aryl methyl sites for hydroxylation is 3. The molecule has 1 aliphatic rings. The molecule has 0 spiro atoms. The Kier molecular flexibility index (Phi) is 5.12. The molecule has 29 heavy (non-hydrogen) atoms. The van der Waals surface area contributed by atoms with Crippen molar-refractivity contribution in [1.82, 2.24) is 5.16 Å². The Balaban J connectivity index is 1.48. The smallest absolute Gasteiger partial charge is 0.278 e. The van der Waals surface area contributed by atoms with Crippen molar-refractivity contribution in [2.45, 2.75) is 27.4 Å². The van der Waals surface area contributed by atoms with Crippen LogP contribution in [0.5, 0.6) is 17.2 Å². The second-order valence-corrected chi connectivity index (χ2v) is 6.91. The molecular weight excluding hydrogens is 372 g/mol. The molecule has 0 bridgehead atoms. The maximum atomic E-state index is 12.8. The number of fused-ring (bicyclic) bond motifs is 1. The van der Waals surface area contributed by atoms with Gasteiger partial charge >= 0.3 is 0 Å². The molecule has 0 unspecified atom stereocenters. The SMILES string of the molecule is Cc1ccc(OCc2c(C(=O)Nc3ccc4c(c3)OCCO4)noc2C)cc1C. The number of ether oxygens (including phenoxy) is 3. The Morgan fingerprint density at radius 1 is 1.03 bits per heavy atom. The van der Waals surface area contributed by atoms with Crippen LogP contribution in [0.25, 0.3) is 0 Å². The van der Waals surface area contributed by atoms with E-state index in [1.165, 1.54) is 5.56 Å². The molecule has 0 radical (unpaired) electrons. The van der Waals surface area contributed by atoms with Gasteiger partial charge in [0.1, 0.15) is 31.3 Å². The molecule has 1 aromatic heterocycles. The molecule has 0 atom stereocenters. The molecule has 3 aromatic rings. The van der Waals surface area contributed by atoms with Crippen LogP contribution in [0, 0.1) is 20.8 Å². The van der Waals surface area contributed by atoms with Gasteiger partial charge in [0.05, 0.1) is 5.56 Å². The average molecular weight is 394 g/mol. The molecular formula is C22H22N2O5. The number of carbonyl (C=O) groups excluding carboxylic acids is 1. The van der Waals surface area contributed by atoms with Gasteiger partial charge in [0, 0.05) is 11.8 Å². The zero-order valence-electron chi connectivity index (χ0n) is 16.6. The minimum atomic E-state index is -0.378. The summed E-state index contributed by atoms with van der Waals surface area (Å²) in [5, 5.41) is 6.74. The average Bonchev–Trinajstić information content (AvgIpc) is 3.09. The standard InChI is InChI=1S/C22H22N2O5/c1-13-4-6-17(10-14(13)2)28-12-18-15(3)29-24-21(18)22(25)23-16-5-7-19-20(11-16)27-9-8-26-19/h4-7,10-11H,8-9,12H2,1-3H3,(H,23,25). The predicted octanol–water partition coefficient (Wildman–Crippen LogP) is 4.20. The van der Waals surface area contributed by atoms with Crippen molar-refractivity contribution in [2.24, 2.45) is 0 Å². The van der Waals surface area contributed by atoms with Gasteiger partial charge in [-0.1, -0.05) is 11.2 Å². The first kappa shape index (κ1) is 18.9. The molecule has 0 saturated carbocycles. The fraction of sp³-hybridized carbons (Fsp3) is 0.273. The van der Waals surface area contributed by atoms with Gasteiger partial charge in [0.25, 0.3) is 5.91 Å². The first-order valence-electron chi connectivity index (χ1n) is 9.37. The summed E-state index contributed by atoms with van der Waals surface area (Å²) in [7, 11) is 0. The van der Waals surface area contributed by atoms with E-state index in [9.17, 15) is 4.79 Å². The van der Waals surface area contributed by atoms with Crippen molar-refractivity contribution >= 4 is 11.6 Å². The van der Waals surface area contributed by atoms with Crippen LogP contribution >= 0.6 is 0 Å². The summed E-state index contributed by atoms with van der Waals surface area (Å²) in [6.07, 6.45) is 0. The molecule has 1 aliphatic heterocycles. The van der Waals surface area contributed by atoms with E-state index in [1.54, 1.807) is 25.1 Å². The molecule has 1 N–H and O–H groups in total. The number of amides is 1. The number of nitrogens with one attached hydrogen (secondary N) is 1. The monoisotopic (exact) mass is 394 g/mol. The van der Waals surface area contributed by atoms with Gasteiger partial charge in [-0.25, -0.2) is 0 Å². The lowest BCUT2D eigenvalue weighted by Crippen LogP contribution is -2.17. The third-order valence-electron chi connectivity index (χ3n) is 4.86. The summed E-state index contributed by atoms with van der Waals surface area (Å²) < 4.78 is 22.2. The van der Waals surface area contributed by atoms with Gasteiger partial charge in [-0.3, -0.25) is 4.79 Å². The zero-order valence-corrected chi connectivity index (χ0v) is 16.6. The van der Waals surface area contributed by atoms with E-state index in [0.717, 1.165) is 11.3 Å². The van der Waals surface area contributed by atoms with Gasteiger partial charge in [-0.2, -0.15) is 0 Å². The maximum absolute atomic E-state index is 12.8. The van der Waals surface area contributed by atoms with E-state index < -0.39 is 0 Å². The van der Waals surface area contributed by atoms with Crippen LogP contribution in [-0.2, 0) is 6.61 Å². The summed E-state index contributed by atoms with van der Waals surface area (Å²) >= 11 is 0. The van der Waals surface area contributed by atoms with Crippen molar-refractivity contribution in [3.05, 3.63) is 64.5 Å². The Morgan fingerprint density at radius 3 is 2.62 bits per heavy atom. The first-order valence-corrected chi connectivity index (χ1v) is 9.37. The van der Waals surface area contributed by atoms with Gasteiger partial charge in [-0.05, 0) is 56.2 Å². The Labute approximate surface area is 168 Å². The third-order valence-corrected chi connectivity index (χ3v) is 4.86. The lowest BCUT2D eigenvalue weighted by Gasteiger charge is -2.18. The van der Waals surface area contributed by atoms with Gasteiger partial charge in [0.15, 0.2) is 17.2 Å². The number of rotatable bonds is 5. The summed E-state index contributed by atoms with van der Waals surface area (Å²) in [6.45, 7) is 7.00. The first-order chi connectivity index (χ1) is 14.0. The van der Waals surface area contributed by atoms with Gasteiger partial charge in [-0.15, -0.1) is 0 Å². The van der Waals surface area contributed by atoms with Gasteiger partial charge in [0.2, 0.25) is 0 Å².